The molecule has 146 valence electrons. The molecule has 3 rings (SSSR count). The average Bonchev–Trinajstić information content (AvgIpc) is 3.10. The number of esters is 1. The van der Waals surface area contributed by atoms with E-state index in [4.69, 9.17) is 18.6 Å². The lowest BCUT2D eigenvalue weighted by molar-refractivity contribution is -0.145. The Balaban J connectivity index is 1.63. The SMILES string of the molecule is CCOc1ccc(C(=O)[C@H](C)OC(=O)Cc2coc3cc(OC)ccc23)cc1. The number of methoxy groups -OCH3 is 1. The summed E-state index contributed by atoms with van der Waals surface area (Å²) in [6.45, 7) is 4.01. The van der Waals surface area contributed by atoms with E-state index < -0.39 is 12.1 Å². The molecule has 0 saturated heterocycles. The molecule has 0 amide bonds. The Bertz CT molecular complexity index is 970. The van der Waals surface area contributed by atoms with Gasteiger partial charge in [-0.1, -0.05) is 0 Å². The molecule has 0 spiro atoms. The van der Waals surface area contributed by atoms with Crippen LogP contribution in [0.4, 0.5) is 0 Å². The van der Waals surface area contributed by atoms with Gasteiger partial charge in [-0.2, -0.15) is 0 Å². The predicted molar refractivity (Wildman–Crippen MR) is 104 cm³/mol. The topological polar surface area (TPSA) is 75.0 Å². The van der Waals surface area contributed by atoms with E-state index in [1.54, 1.807) is 50.4 Å². The maximum absolute atomic E-state index is 12.5. The third-order valence-electron chi connectivity index (χ3n) is 4.32. The number of carbonyl (C=O) groups excluding carboxylic acids is 2. The van der Waals surface area contributed by atoms with E-state index in [0.29, 0.717) is 34.8 Å². The molecule has 28 heavy (non-hydrogen) atoms. The molecular weight excluding hydrogens is 360 g/mol. The van der Waals surface area contributed by atoms with Gasteiger partial charge >= 0.3 is 5.97 Å². The number of benzene rings is 2. The molecule has 1 atom stereocenters. The molecule has 1 heterocycles. The zero-order chi connectivity index (χ0) is 20.1. The number of rotatable bonds is 8. The fourth-order valence-electron chi connectivity index (χ4n) is 2.89. The second-order valence-corrected chi connectivity index (χ2v) is 6.25. The third-order valence-corrected chi connectivity index (χ3v) is 4.32. The number of hydrogen-bond donors (Lipinski definition) is 0. The Labute approximate surface area is 163 Å². The first-order valence-corrected chi connectivity index (χ1v) is 9.02. The van der Waals surface area contributed by atoms with Crippen molar-refractivity contribution in [2.45, 2.75) is 26.4 Å². The quantitative estimate of drug-likeness (QED) is 0.429. The molecule has 0 bridgehead atoms. The lowest BCUT2D eigenvalue weighted by Gasteiger charge is -2.12. The summed E-state index contributed by atoms with van der Waals surface area (Å²) < 4.78 is 21.3. The zero-order valence-corrected chi connectivity index (χ0v) is 16.1. The summed E-state index contributed by atoms with van der Waals surface area (Å²) in [4.78, 5) is 24.8. The van der Waals surface area contributed by atoms with Crippen molar-refractivity contribution in [2.24, 2.45) is 0 Å². The van der Waals surface area contributed by atoms with E-state index >= 15 is 0 Å². The molecule has 0 radical (unpaired) electrons. The number of carbonyl (C=O) groups is 2. The van der Waals surface area contributed by atoms with Gasteiger partial charge in [0.2, 0.25) is 5.78 Å². The molecule has 0 aliphatic carbocycles. The van der Waals surface area contributed by atoms with Crippen molar-refractivity contribution in [1.82, 2.24) is 0 Å². The first kappa shape index (κ1) is 19.5. The molecule has 0 aliphatic heterocycles. The maximum Gasteiger partial charge on any atom is 0.311 e. The lowest BCUT2D eigenvalue weighted by Crippen LogP contribution is -2.25. The van der Waals surface area contributed by atoms with Crippen LogP contribution in [0.1, 0.15) is 29.8 Å². The zero-order valence-electron chi connectivity index (χ0n) is 16.1. The summed E-state index contributed by atoms with van der Waals surface area (Å²) in [6, 6.07) is 12.1. The van der Waals surface area contributed by atoms with Gasteiger partial charge in [-0.05, 0) is 50.2 Å². The van der Waals surface area contributed by atoms with Gasteiger partial charge in [-0.25, -0.2) is 0 Å². The summed E-state index contributed by atoms with van der Waals surface area (Å²) in [7, 11) is 1.57. The van der Waals surface area contributed by atoms with Crippen molar-refractivity contribution in [3.63, 3.8) is 0 Å². The van der Waals surface area contributed by atoms with Crippen LogP contribution >= 0.6 is 0 Å². The number of hydrogen-bond acceptors (Lipinski definition) is 6. The van der Waals surface area contributed by atoms with Crippen molar-refractivity contribution in [2.75, 3.05) is 13.7 Å². The van der Waals surface area contributed by atoms with Gasteiger partial charge in [0.05, 0.1) is 26.4 Å². The normalized spacial score (nSPS) is 11.8. The molecule has 0 aliphatic rings. The van der Waals surface area contributed by atoms with Crippen LogP contribution in [-0.4, -0.2) is 31.6 Å². The van der Waals surface area contributed by atoms with Crippen LogP contribution in [-0.2, 0) is 16.0 Å². The average molecular weight is 382 g/mol. The van der Waals surface area contributed by atoms with Gasteiger partial charge < -0.3 is 18.6 Å². The molecular formula is C22H22O6. The van der Waals surface area contributed by atoms with E-state index in [2.05, 4.69) is 0 Å². The van der Waals surface area contributed by atoms with Crippen LogP contribution in [0.25, 0.3) is 11.0 Å². The Morgan fingerprint density at radius 3 is 2.46 bits per heavy atom. The minimum Gasteiger partial charge on any atom is -0.497 e. The predicted octanol–water partition coefficient (Wildman–Crippen LogP) is 4.20. The third kappa shape index (κ3) is 4.34. The Morgan fingerprint density at radius 2 is 1.79 bits per heavy atom. The van der Waals surface area contributed by atoms with Gasteiger partial charge in [0.25, 0.3) is 0 Å². The van der Waals surface area contributed by atoms with Crippen LogP contribution in [0.15, 0.2) is 53.1 Å². The van der Waals surface area contributed by atoms with Gasteiger partial charge in [-0.3, -0.25) is 9.59 Å². The molecule has 6 nitrogen and oxygen atoms in total. The lowest BCUT2D eigenvalue weighted by atomic mass is 10.1. The van der Waals surface area contributed by atoms with Gasteiger partial charge in [-0.15, -0.1) is 0 Å². The number of furan rings is 1. The van der Waals surface area contributed by atoms with E-state index in [9.17, 15) is 9.59 Å². The van der Waals surface area contributed by atoms with Crippen LogP contribution in [0, 0.1) is 0 Å². The summed E-state index contributed by atoms with van der Waals surface area (Å²) >= 11 is 0. The molecule has 2 aromatic carbocycles. The number of ketones is 1. The minimum absolute atomic E-state index is 0.0141. The smallest absolute Gasteiger partial charge is 0.311 e. The molecule has 0 fully saturated rings. The van der Waals surface area contributed by atoms with Crippen LogP contribution < -0.4 is 9.47 Å². The van der Waals surface area contributed by atoms with Gasteiger partial charge in [0.1, 0.15) is 17.1 Å². The number of fused-ring (bicyclic) bond motifs is 1. The Kier molecular flexibility index (Phi) is 5.99. The first-order valence-electron chi connectivity index (χ1n) is 9.02. The molecule has 0 saturated carbocycles. The monoisotopic (exact) mass is 382 g/mol. The van der Waals surface area contributed by atoms with E-state index in [0.717, 1.165) is 5.39 Å². The fraction of sp³-hybridized carbons (Fsp3) is 0.273. The highest BCUT2D eigenvalue weighted by Crippen LogP contribution is 2.26. The molecule has 6 heteroatoms. The standard InChI is InChI=1S/C22H22O6/c1-4-26-17-7-5-15(6-8-17)22(24)14(2)28-21(23)11-16-13-27-20-12-18(25-3)9-10-19(16)20/h5-10,12-14H,4,11H2,1-3H3/t14-/m0/s1. The highest BCUT2D eigenvalue weighted by atomic mass is 16.5. The Hall–Kier alpha value is -3.28. The number of Topliss-reactive ketones (excluding diaryl/α,β-unsaturated/α-hetero) is 1. The highest BCUT2D eigenvalue weighted by Gasteiger charge is 2.21. The van der Waals surface area contributed by atoms with E-state index in [1.807, 2.05) is 13.0 Å². The largest absolute Gasteiger partial charge is 0.497 e. The first-order chi connectivity index (χ1) is 13.5. The van der Waals surface area contributed by atoms with E-state index in [-0.39, 0.29) is 12.2 Å². The Morgan fingerprint density at radius 1 is 1.07 bits per heavy atom. The summed E-state index contributed by atoms with van der Waals surface area (Å²) in [5.74, 6) is 0.598. The summed E-state index contributed by atoms with van der Waals surface area (Å²) in [6.07, 6.45) is 0.647. The van der Waals surface area contributed by atoms with Crippen LogP contribution in [0.2, 0.25) is 0 Å². The van der Waals surface area contributed by atoms with Crippen molar-refractivity contribution in [3.05, 3.63) is 59.9 Å². The van der Waals surface area contributed by atoms with Gasteiger partial charge in [0.15, 0.2) is 6.10 Å². The van der Waals surface area contributed by atoms with Gasteiger partial charge in [0, 0.05) is 22.6 Å². The number of ether oxygens (including phenoxy) is 3. The molecule has 3 aromatic rings. The van der Waals surface area contributed by atoms with Crippen LogP contribution in [0.3, 0.4) is 0 Å². The fourth-order valence-corrected chi connectivity index (χ4v) is 2.89. The van der Waals surface area contributed by atoms with Crippen molar-refractivity contribution < 1.29 is 28.2 Å². The second-order valence-electron chi connectivity index (χ2n) is 6.25. The molecule has 0 N–H and O–H groups in total. The molecule has 0 unspecified atom stereocenters. The van der Waals surface area contributed by atoms with E-state index in [1.165, 1.54) is 6.26 Å². The maximum atomic E-state index is 12.5. The minimum atomic E-state index is -0.885. The van der Waals surface area contributed by atoms with Crippen molar-refractivity contribution in [3.8, 4) is 11.5 Å². The van der Waals surface area contributed by atoms with Crippen molar-refractivity contribution in [1.29, 1.82) is 0 Å². The second kappa shape index (κ2) is 8.61. The summed E-state index contributed by atoms with van der Waals surface area (Å²) in [5, 5.41) is 0.809. The summed E-state index contributed by atoms with van der Waals surface area (Å²) in [5.41, 5.74) is 1.79. The van der Waals surface area contributed by atoms with Crippen molar-refractivity contribution >= 4 is 22.7 Å². The van der Waals surface area contributed by atoms with Crippen LogP contribution in [0.5, 0.6) is 11.5 Å². The molecule has 1 aromatic heterocycles. The highest BCUT2D eigenvalue weighted by molar-refractivity contribution is 6.00.